The average Bonchev–Trinajstić information content (AvgIpc) is 2.27. The van der Waals surface area contributed by atoms with Gasteiger partial charge in [0.25, 0.3) is 0 Å². The summed E-state index contributed by atoms with van der Waals surface area (Å²) in [5.41, 5.74) is 1.91. The Kier molecular flexibility index (Phi) is 3.81. The Morgan fingerprint density at radius 3 is 2.20 bits per heavy atom. The molecule has 0 saturated heterocycles. The lowest BCUT2D eigenvalue weighted by Gasteiger charge is -2.62. The fraction of sp³-hybridized carbons (Fsp3) is 0.647. The van der Waals surface area contributed by atoms with Crippen LogP contribution >= 0.6 is 23.2 Å². The summed E-state index contributed by atoms with van der Waals surface area (Å²) in [7, 11) is 0. The first-order valence-corrected chi connectivity index (χ1v) is 8.40. The predicted molar refractivity (Wildman–Crippen MR) is 86.8 cm³/mol. The summed E-state index contributed by atoms with van der Waals surface area (Å²) in [4.78, 5) is 0. The van der Waals surface area contributed by atoms with Gasteiger partial charge in [-0.05, 0) is 48.8 Å². The number of hydrogen-bond acceptors (Lipinski definition) is 1. The second kappa shape index (κ2) is 5.19. The molecule has 0 unspecified atom stereocenters. The van der Waals surface area contributed by atoms with E-state index in [4.69, 9.17) is 23.2 Å². The monoisotopic (exact) mass is 311 g/mol. The Morgan fingerprint density at radius 1 is 1.15 bits per heavy atom. The van der Waals surface area contributed by atoms with Crippen molar-refractivity contribution in [2.45, 2.75) is 57.4 Å². The lowest BCUT2D eigenvalue weighted by Crippen LogP contribution is -2.58. The molecule has 0 radical (unpaired) electrons. The number of halogens is 2. The van der Waals surface area contributed by atoms with Gasteiger partial charge in [-0.25, -0.2) is 0 Å². The lowest BCUT2D eigenvalue weighted by molar-refractivity contribution is -0.0488. The number of benzene rings is 1. The molecule has 20 heavy (non-hydrogen) atoms. The molecule has 0 amide bonds. The first kappa shape index (κ1) is 14.7. The van der Waals surface area contributed by atoms with Gasteiger partial charge in [-0.3, -0.25) is 0 Å². The van der Waals surface area contributed by atoms with E-state index in [1.807, 2.05) is 18.2 Å². The predicted octanol–water partition coefficient (Wildman–Crippen LogP) is 5.19. The summed E-state index contributed by atoms with van der Waals surface area (Å²) in [6.45, 7) is 5.37. The molecule has 0 atom stereocenters. The van der Waals surface area contributed by atoms with Crippen molar-refractivity contribution in [2.24, 2.45) is 5.41 Å². The molecule has 2 fully saturated rings. The van der Waals surface area contributed by atoms with Gasteiger partial charge in [0, 0.05) is 28.0 Å². The van der Waals surface area contributed by atoms with E-state index in [0.717, 1.165) is 16.6 Å². The van der Waals surface area contributed by atoms with Crippen molar-refractivity contribution in [3.05, 3.63) is 33.8 Å². The highest BCUT2D eigenvalue weighted by molar-refractivity contribution is 6.36. The van der Waals surface area contributed by atoms with Crippen molar-refractivity contribution in [1.82, 2.24) is 5.32 Å². The number of hydrogen-bond donors (Lipinski definition) is 1. The molecule has 2 aliphatic rings. The van der Waals surface area contributed by atoms with Crippen molar-refractivity contribution in [1.29, 1.82) is 0 Å². The van der Waals surface area contributed by atoms with Crippen LogP contribution in [-0.4, -0.2) is 12.6 Å². The van der Waals surface area contributed by atoms with Crippen LogP contribution in [0, 0.1) is 5.41 Å². The second-order valence-corrected chi connectivity index (χ2v) is 7.93. The van der Waals surface area contributed by atoms with Gasteiger partial charge in [-0.2, -0.15) is 0 Å². The zero-order valence-corrected chi connectivity index (χ0v) is 13.8. The molecule has 0 heterocycles. The van der Waals surface area contributed by atoms with E-state index in [9.17, 15) is 0 Å². The molecule has 1 nitrogen and oxygen atoms in total. The van der Waals surface area contributed by atoms with E-state index in [2.05, 4.69) is 19.2 Å². The quantitative estimate of drug-likeness (QED) is 0.806. The van der Waals surface area contributed by atoms with Crippen LogP contribution in [0.4, 0.5) is 0 Å². The Balaban J connectivity index is 1.90. The summed E-state index contributed by atoms with van der Waals surface area (Å²) in [6.07, 6.45) is 6.65. The van der Waals surface area contributed by atoms with Crippen LogP contribution in [0.25, 0.3) is 0 Å². The van der Waals surface area contributed by atoms with E-state index in [0.29, 0.717) is 11.5 Å². The van der Waals surface area contributed by atoms with Crippen LogP contribution < -0.4 is 5.32 Å². The third-order valence-electron chi connectivity index (χ3n) is 5.18. The van der Waals surface area contributed by atoms with Gasteiger partial charge in [0.15, 0.2) is 0 Å². The number of nitrogens with one attached hydrogen (secondary N) is 1. The molecular formula is C17H23Cl2N. The summed E-state index contributed by atoms with van der Waals surface area (Å²) >= 11 is 13.0. The van der Waals surface area contributed by atoms with Crippen molar-refractivity contribution in [3.63, 3.8) is 0 Å². The molecule has 1 aromatic rings. The van der Waals surface area contributed by atoms with Gasteiger partial charge in [0.05, 0.1) is 0 Å². The van der Waals surface area contributed by atoms with Crippen LogP contribution in [0.2, 0.25) is 10.0 Å². The first-order valence-electron chi connectivity index (χ1n) is 7.64. The summed E-state index contributed by atoms with van der Waals surface area (Å²) in [6, 6.07) is 6.39. The molecule has 2 saturated carbocycles. The van der Waals surface area contributed by atoms with Crippen molar-refractivity contribution in [3.8, 4) is 0 Å². The molecule has 3 rings (SSSR count). The third-order valence-corrected chi connectivity index (χ3v) is 5.81. The van der Waals surface area contributed by atoms with Gasteiger partial charge in [0.2, 0.25) is 0 Å². The minimum atomic E-state index is 0.139. The minimum Gasteiger partial charge on any atom is -0.314 e. The van der Waals surface area contributed by atoms with Crippen LogP contribution in [-0.2, 0) is 5.41 Å². The number of rotatable bonds is 4. The molecule has 2 aliphatic carbocycles. The average molecular weight is 312 g/mol. The highest BCUT2D eigenvalue weighted by Crippen LogP contribution is 2.66. The van der Waals surface area contributed by atoms with Crippen LogP contribution in [0.5, 0.6) is 0 Å². The second-order valence-electron chi connectivity index (χ2n) is 7.12. The van der Waals surface area contributed by atoms with E-state index < -0.39 is 0 Å². The lowest BCUT2D eigenvalue weighted by atomic mass is 9.43. The van der Waals surface area contributed by atoms with Crippen molar-refractivity contribution >= 4 is 23.2 Å². The maximum atomic E-state index is 6.48. The fourth-order valence-electron chi connectivity index (χ4n) is 4.21. The van der Waals surface area contributed by atoms with Crippen LogP contribution in [0.3, 0.4) is 0 Å². The Labute approximate surface area is 132 Å². The highest BCUT2D eigenvalue weighted by atomic mass is 35.5. The summed E-state index contributed by atoms with van der Waals surface area (Å²) in [5.74, 6) is 0. The first-order chi connectivity index (χ1) is 9.46. The van der Waals surface area contributed by atoms with Gasteiger partial charge in [-0.15, -0.1) is 0 Å². The Morgan fingerprint density at radius 2 is 1.75 bits per heavy atom. The molecule has 1 spiro atoms. The molecular weight excluding hydrogens is 289 g/mol. The standard InChI is InChI=1S/C17H23Cl2N/c1-12(2)20-11-17(9-16(10-17)7-4-8-16)15-13(18)5-3-6-14(15)19/h3,5-6,12,20H,4,7-11H2,1-2H3. The molecule has 110 valence electrons. The van der Waals surface area contributed by atoms with Crippen LogP contribution in [0.15, 0.2) is 18.2 Å². The third kappa shape index (κ3) is 2.38. The topological polar surface area (TPSA) is 12.0 Å². The maximum absolute atomic E-state index is 6.48. The van der Waals surface area contributed by atoms with E-state index in [1.54, 1.807) is 0 Å². The van der Waals surface area contributed by atoms with Gasteiger partial charge in [0.1, 0.15) is 0 Å². The molecule has 0 bridgehead atoms. The van der Waals surface area contributed by atoms with Crippen molar-refractivity contribution < 1.29 is 0 Å². The maximum Gasteiger partial charge on any atom is 0.0459 e. The van der Waals surface area contributed by atoms with Gasteiger partial charge >= 0.3 is 0 Å². The summed E-state index contributed by atoms with van der Waals surface area (Å²) < 4.78 is 0. The van der Waals surface area contributed by atoms with Gasteiger partial charge in [-0.1, -0.05) is 49.5 Å². The SMILES string of the molecule is CC(C)NCC1(c2c(Cl)cccc2Cl)CC2(CCC2)C1. The summed E-state index contributed by atoms with van der Waals surface area (Å²) in [5, 5.41) is 5.27. The Hall–Kier alpha value is -0.240. The normalized spacial score (nSPS) is 22.6. The molecule has 1 N–H and O–H groups in total. The molecule has 3 heteroatoms. The van der Waals surface area contributed by atoms with Crippen LogP contribution in [0.1, 0.15) is 51.5 Å². The molecule has 1 aromatic carbocycles. The highest BCUT2D eigenvalue weighted by Gasteiger charge is 2.58. The minimum absolute atomic E-state index is 0.139. The van der Waals surface area contributed by atoms with Gasteiger partial charge < -0.3 is 5.32 Å². The van der Waals surface area contributed by atoms with E-state index >= 15 is 0 Å². The van der Waals surface area contributed by atoms with E-state index in [-0.39, 0.29) is 5.41 Å². The zero-order chi connectivity index (χ0) is 14.4. The smallest absolute Gasteiger partial charge is 0.0459 e. The zero-order valence-electron chi connectivity index (χ0n) is 12.3. The molecule has 0 aliphatic heterocycles. The van der Waals surface area contributed by atoms with Crippen molar-refractivity contribution in [2.75, 3.05) is 6.54 Å². The molecule has 0 aromatic heterocycles. The largest absolute Gasteiger partial charge is 0.314 e. The Bertz CT molecular complexity index is 477. The fourth-order valence-corrected chi connectivity index (χ4v) is 5.01. The van der Waals surface area contributed by atoms with E-state index in [1.165, 1.54) is 37.7 Å².